The summed E-state index contributed by atoms with van der Waals surface area (Å²) in [7, 11) is 1.55. The van der Waals surface area contributed by atoms with Crippen molar-refractivity contribution in [2.45, 2.75) is 36.9 Å². The lowest BCUT2D eigenvalue weighted by atomic mass is 9.73. The van der Waals surface area contributed by atoms with Gasteiger partial charge in [0, 0.05) is 41.8 Å². The number of alkyl halides is 1. The summed E-state index contributed by atoms with van der Waals surface area (Å²) < 4.78 is 21.0. The Morgan fingerprint density at radius 2 is 2.11 bits per heavy atom. The summed E-state index contributed by atoms with van der Waals surface area (Å²) in [5.74, 6) is 0.971. The summed E-state index contributed by atoms with van der Waals surface area (Å²) in [5, 5.41) is 11.1. The predicted octanol–water partition coefficient (Wildman–Crippen LogP) is 4.86. The molecule has 1 saturated heterocycles. The molecular formula is C25H29ClFN5O3S. The summed E-state index contributed by atoms with van der Waals surface area (Å²) in [5.41, 5.74) is 1.94. The molecule has 192 valence electrons. The Balaban J connectivity index is 1.40. The van der Waals surface area contributed by atoms with Gasteiger partial charge in [0.05, 0.1) is 29.3 Å². The molecule has 0 spiro atoms. The second kappa shape index (κ2) is 12.1. The highest BCUT2D eigenvalue weighted by atomic mass is 35.5. The van der Waals surface area contributed by atoms with E-state index in [-0.39, 0.29) is 17.9 Å². The molecule has 11 heteroatoms. The Bertz CT molecular complexity index is 1180. The molecule has 1 aliphatic rings. The Labute approximate surface area is 218 Å². The fourth-order valence-corrected chi connectivity index (χ4v) is 5.81. The third kappa shape index (κ3) is 6.05. The first-order valence-corrected chi connectivity index (χ1v) is 13.1. The third-order valence-electron chi connectivity index (χ3n) is 6.85. The maximum atomic E-state index is 15.7. The second-order valence-corrected chi connectivity index (χ2v) is 10.4. The summed E-state index contributed by atoms with van der Waals surface area (Å²) in [4.78, 5) is 27.6. The zero-order chi connectivity index (χ0) is 25.5. The minimum atomic E-state index is -1.40. The Kier molecular flexibility index (Phi) is 8.95. The Morgan fingerprint density at radius 3 is 2.81 bits per heavy atom. The van der Waals surface area contributed by atoms with E-state index in [1.165, 1.54) is 6.20 Å². The average Bonchev–Trinajstić information content (AvgIpc) is 2.92. The van der Waals surface area contributed by atoms with Crippen molar-refractivity contribution < 1.29 is 19.1 Å². The number of nitrogens with one attached hydrogen (secondary N) is 1. The first-order valence-electron chi connectivity index (χ1n) is 11.8. The van der Waals surface area contributed by atoms with E-state index < -0.39 is 17.5 Å². The van der Waals surface area contributed by atoms with E-state index in [4.69, 9.17) is 16.3 Å². The lowest BCUT2D eigenvalue weighted by molar-refractivity contribution is -0.143. The molecular weight excluding hydrogens is 505 g/mol. The van der Waals surface area contributed by atoms with Crippen molar-refractivity contribution in [1.29, 1.82) is 0 Å². The van der Waals surface area contributed by atoms with Gasteiger partial charge in [-0.25, -0.2) is 14.9 Å². The molecule has 1 fully saturated rings. The zero-order valence-corrected chi connectivity index (χ0v) is 21.6. The van der Waals surface area contributed by atoms with Gasteiger partial charge in [-0.2, -0.15) is 0 Å². The number of ether oxygens (including phenoxy) is 1. The first-order chi connectivity index (χ1) is 17.5. The third-order valence-corrected chi connectivity index (χ3v) is 8.05. The molecule has 3 heterocycles. The minimum Gasteiger partial charge on any atom is -0.497 e. The van der Waals surface area contributed by atoms with Crippen molar-refractivity contribution in [3.8, 4) is 5.75 Å². The molecule has 1 aromatic carbocycles. The molecule has 1 atom stereocenters. The van der Waals surface area contributed by atoms with Gasteiger partial charge in [-0.05, 0) is 57.0 Å². The molecule has 2 aromatic heterocycles. The van der Waals surface area contributed by atoms with Gasteiger partial charge in [0.25, 0.3) is 0 Å². The number of pyridine rings is 1. The summed E-state index contributed by atoms with van der Waals surface area (Å²) in [6.07, 6.45) is 6.52. The van der Waals surface area contributed by atoms with Gasteiger partial charge < -0.3 is 9.64 Å². The molecule has 0 saturated carbocycles. The molecule has 0 aliphatic carbocycles. The van der Waals surface area contributed by atoms with E-state index in [2.05, 4.69) is 19.9 Å². The minimum absolute atomic E-state index is 0.0893. The van der Waals surface area contributed by atoms with Crippen molar-refractivity contribution in [3.05, 3.63) is 53.6 Å². The lowest BCUT2D eigenvalue weighted by Gasteiger charge is -2.40. The van der Waals surface area contributed by atoms with E-state index in [0.29, 0.717) is 48.1 Å². The van der Waals surface area contributed by atoms with Crippen molar-refractivity contribution in [3.63, 3.8) is 0 Å². The zero-order valence-electron chi connectivity index (χ0n) is 20.0. The number of carbonyl (C=O) groups excluding carboxylic acids is 1. The number of hydrogen-bond acceptors (Lipinski definition) is 8. The van der Waals surface area contributed by atoms with Crippen LogP contribution in [-0.4, -0.2) is 63.5 Å². The quantitative estimate of drug-likeness (QED) is 0.216. The molecule has 1 aliphatic heterocycles. The number of halogens is 2. The maximum absolute atomic E-state index is 15.7. The summed E-state index contributed by atoms with van der Waals surface area (Å²) >= 11 is 8.00. The molecule has 4 rings (SSSR count). The van der Waals surface area contributed by atoms with Crippen LogP contribution in [0, 0.1) is 5.41 Å². The predicted molar refractivity (Wildman–Crippen MR) is 137 cm³/mol. The highest BCUT2D eigenvalue weighted by Crippen LogP contribution is 2.42. The van der Waals surface area contributed by atoms with Crippen molar-refractivity contribution in [1.82, 2.24) is 25.3 Å². The van der Waals surface area contributed by atoms with Gasteiger partial charge in [-0.3, -0.25) is 20.0 Å². The number of carbonyl (C=O) groups is 1. The van der Waals surface area contributed by atoms with Crippen LogP contribution in [0.25, 0.3) is 10.9 Å². The lowest BCUT2D eigenvalue weighted by Crippen LogP contribution is -2.48. The molecule has 3 aromatic rings. The number of amides is 1. The molecule has 8 nitrogen and oxygen atoms in total. The van der Waals surface area contributed by atoms with Gasteiger partial charge in [0.2, 0.25) is 5.91 Å². The van der Waals surface area contributed by atoms with E-state index in [0.717, 1.165) is 17.3 Å². The topological polar surface area (TPSA) is 100 Å². The number of hydrogen-bond donors (Lipinski definition) is 2. The standard InChI is InChI=1S/C25H29ClFN5O3S/c1-35-17-2-3-21-18(14-17)23(19(26)15-30-21)20(27)4-5-25(24(33)31-34)6-10-32(11-7-25)12-13-36-22-16-28-8-9-29-22/h2-3,8-9,14-16,20,34H,4-7,10-13H2,1H3,(H,31,33). The van der Waals surface area contributed by atoms with Crippen LogP contribution in [0.4, 0.5) is 4.39 Å². The van der Waals surface area contributed by atoms with Crippen LogP contribution in [0.1, 0.15) is 37.4 Å². The second-order valence-electron chi connectivity index (χ2n) is 8.86. The van der Waals surface area contributed by atoms with Crippen LogP contribution in [0.2, 0.25) is 5.02 Å². The first kappa shape index (κ1) is 26.5. The van der Waals surface area contributed by atoms with E-state index in [1.54, 1.807) is 55.7 Å². The monoisotopic (exact) mass is 533 g/mol. The number of rotatable bonds is 10. The van der Waals surface area contributed by atoms with Gasteiger partial charge in [0.15, 0.2) is 0 Å². The molecule has 36 heavy (non-hydrogen) atoms. The Hall–Kier alpha value is -2.53. The van der Waals surface area contributed by atoms with Crippen LogP contribution in [0.3, 0.4) is 0 Å². The number of nitrogens with zero attached hydrogens (tertiary/aromatic N) is 4. The van der Waals surface area contributed by atoms with Crippen LogP contribution in [0.5, 0.6) is 5.75 Å². The summed E-state index contributed by atoms with van der Waals surface area (Å²) in [6, 6.07) is 5.25. The molecule has 0 radical (unpaired) electrons. The van der Waals surface area contributed by atoms with Crippen LogP contribution < -0.4 is 10.2 Å². The van der Waals surface area contributed by atoms with Gasteiger partial charge in [-0.1, -0.05) is 11.6 Å². The molecule has 1 unspecified atom stereocenters. The number of methoxy groups -OCH3 is 1. The number of fused-ring (bicyclic) bond motifs is 1. The van der Waals surface area contributed by atoms with Crippen LogP contribution >= 0.6 is 23.4 Å². The van der Waals surface area contributed by atoms with E-state index in [9.17, 15) is 10.0 Å². The van der Waals surface area contributed by atoms with Gasteiger partial charge in [0.1, 0.15) is 16.9 Å². The number of benzene rings is 1. The SMILES string of the molecule is COc1ccc2ncc(Cl)c(C(F)CCC3(C(=O)NO)CCN(CCSc4cnccn4)CC3)c2c1. The average molecular weight is 534 g/mol. The summed E-state index contributed by atoms with van der Waals surface area (Å²) in [6.45, 7) is 2.20. The smallest absolute Gasteiger partial charge is 0.249 e. The van der Waals surface area contributed by atoms with Crippen molar-refractivity contribution >= 4 is 40.2 Å². The maximum Gasteiger partial charge on any atom is 0.249 e. The highest BCUT2D eigenvalue weighted by molar-refractivity contribution is 7.99. The van der Waals surface area contributed by atoms with Crippen molar-refractivity contribution in [2.75, 3.05) is 32.5 Å². The molecule has 1 amide bonds. The van der Waals surface area contributed by atoms with Crippen LogP contribution in [0.15, 0.2) is 48.0 Å². The number of thioether (sulfide) groups is 1. The number of hydroxylamine groups is 1. The van der Waals surface area contributed by atoms with Crippen LogP contribution in [-0.2, 0) is 4.79 Å². The van der Waals surface area contributed by atoms with Gasteiger partial charge >= 0.3 is 0 Å². The van der Waals surface area contributed by atoms with E-state index >= 15 is 4.39 Å². The normalized spacial score (nSPS) is 16.6. The number of piperidine rings is 1. The molecule has 0 bridgehead atoms. The fourth-order valence-electron chi connectivity index (χ4n) is 4.71. The van der Waals surface area contributed by atoms with Crippen molar-refractivity contribution in [2.24, 2.45) is 5.41 Å². The Morgan fingerprint density at radius 1 is 1.31 bits per heavy atom. The number of aromatic nitrogens is 3. The fraction of sp³-hybridized carbons (Fsp3) is 0.440. The largest absolute Gasteiger partial charge is 0.497 e. The van der Waals surface area contributed by atoms with Gasteiger partial charge in [-0.15, -0.1) is 11.8 Å². The van der Waals surface area contributed by atoms with E-state index in [1.807, 2.05) is 5.48 Å². The highest BCUT2D eigenvalue weighted by Gasteiger charge is 2.41. The molecule has 2 N–H and O–H groups in total. The number of likely N-dealkylation sites (tertiary alicyclic amines) is 1.